The predicted molar refractivity (Wildman–Crippen MR) is 165 cm³/mol. The molecule has 3 aromatic rings. The van der Waals surface area contributed by atoms with Crippen molar-refractivity contribution in [2.75, 3.05) is 39.9 Å². The van der Waals surface area contributed by atoms with Crippen molar-refractivity contribution in [1.82, 2.24) is 24.3 Å². The highest BCUT2D eigenvalue weighted by Crippen LogP contribution is 2.45. The van der Waals surface area contributed by atoms with Gasteiger partial charge in [0, 0.05) is 70.0 Å². The summed E-state index contributed by atoms with van der Waals surface area (Å²) in [6.45, 7) is 16.2. The maximum absolute atomic E-state index is 5.34. The molecular formula is C33H44N6O. The molecule has 0 bridgehead atoms. The van der Waals surface area contributed by atoms with Gasteiger partial charge in [-0.3, -0.25) is 9.88 Å². The van der Waals surface area contributed by atoms with Gasteiger partial charge in [0.25, 0.3) is 0 Å². The average molecular weight is 541 g/mol. The summed E-state index contributed by atoms with van der Waals surface area (Å²) in [5.41, 5.74) is 14.6. The maximum Gasteiger partial charge on any atom is 0.0945 e. The number of nitrogens with two attached hydrogens (primary N) is 1. The third-order valence-electron chi connectivity index (χ3n) is 7.86. The molecule has 212 valence electrons. The minimum Gasteiger partial charge on any atom is -0.405 e. The predicted octanol–water partition coefficient (Wildman–Crippen LogP) is 5.52. The lowest BCUT2D eigenvalue weighted by Crippen LogP contribution is -2.48. The molecule has 5 rings (SSSR count). The van der Waals surface area contributed by atoms with Gasteiger partial charge in [-0.1, -0.05) is 56.3 Å². The first kappa shape index (κ1) is 29.3. The average Bonchev–Trinajstić information content (AvgIpc) is 3.32. The number of fused-ring (bicyclic) bond motifs is 2. The Hall–Kier alpha value is -3.68. The molecule has 1 aromatic carbocycles. The van der Waals surface area contributed by atoms with Crippen LogP contribution < -0.4 is 5.73 Å². The van der Waals surface area contributed by atoms with Crippen LogP contribution in [0.1, 0.15) is 65.4 Å². The Morgan fingerprint density at radius 3 is 2.62 bits per heavy atom. The van der Waals surface area contributed by atoms with Gasteiger partial charge in [-0.05, 0) is 54.0 Å². The topological polar surface area (TPSA) is 72.4 Å². The molecule has 3 heterocycles. The van der Waals surface area contributed by atoms with Crippen LogP contribution >= 0.6 is 0 Å². The number of rotatable bonds is 8. The van der Waals surface area contributed by atoms with Crippen LogP contribution in [0, 0.1) is 6.92 Å². The number of ether oxygens (including phenoxy) is 1. The number of benzene rings is 1. The fourth-order valence-electron chi connectivity index (χ4n) is 6.00. The lowest BCUT2D eigenvalue weighted by molar-refractivity contribution is 0.111. The van der Waals surface area contributed by atoms with Gasteiger partial charge in [0.1, 0.15) is 0 Å². The van der Waals surface area contributed by atoms with Crippen LogP contribution in [0.5, 0.6) is 0 Å². The summed E-state index contributed by atoms with van der Waals surface area (Å²) in [4.78, 5) is 14.4. The van der Waals surface area contributed by atoms with Crippen molar-refractivity contribution in [1.29, 1.82) is 0 Å². The van der Waals surface area contributed by atoms with Crippen molar-refractivity contribution in [3.8, 4) is 0 Å². The quantitative estimate of drug-likeness (QED) is 0.406. The summed E-state index contributed by atoms with van der Waals surface area (Å²) < 4.78 is 7.51. The van der Waals surface area contributed by atoms with Gasteiger partial charge < -0.3 is 19.9 Å². The lowest BCUT2D eigenvalue weighted by atomic mass is 9.83. The number of allylic oxidation sites excluding steroid dienone is 1. The fourth-order valence-corrected chi connectivity index (χ4v) is 6.00. The van der Waals surface area contributed by atoms with Gasteiger partial charge in [0.2, 0.25) is 0 Å². The number of pyridine rings is 1. The lowest BCUT2D eigenvalue weighted by Gasteiger charge is -2.41. The number of methoxy groups -OCH3 is 1. The Morgan fingerprint density at radius 1 is 1.23 bits per heavy atom. The molecule has 0 saturated carbocycles. The molecule has 2 aliphatic rings. The second-order valence-electron chi connectivity index (χ2n) is 10.6. The van der Waals surface area contributed by atoms with E-state index in [1.807, 2.05) is 18.7 Å². The van der Waals surface area contributed by atoms with Crippen LogP contribution in [0.25, 0.3) is 11.6 Å². The van der Waals surface area contributed by atoms with Crippen LogP contribution in [0.4, 0.5) is 0 Å². The van der Waals surface area contributed by atoms with E-state index < -0.39 is 0 Å². The summed E-state index contributed by atoms with van der Waals surface area (Å²) >= 11 is 0. The minimum atomic E-state index is 0.104. The molecule has 2 unspecified atom stereocenters. The van der Waals surface area contributed by atoms with Crippen molar-refractivity contribution < 1.29 is 4.74 Å². The van der Waals surface area contributed by atoms with E-state index >= 15 is 0 Å². The van der Waals surface area contributed by atoms with Gasteiger partial charge in [-0.15, -0.1) is 0 Å². The molecule has 0 amide bonds. The van der Waals surface area contributed by atoms with Crippen LogP contribution in [-0.4, -0.2) is 64.2 Å². The maximum atomic E-state index is 5.34. The monoisotopic (exact) mass is 540 g/mol. The second kappa shape index (κ2) is 13.6. The molecule has 0 spiro atoms. The molecule has 7 nitrogen and oxygen atoms in total. The van der Waals surface area contributed by atoms with Crippen molar-refractivity contribution in [3.05, 3.63) is 108 Å². The zero-order chi connectivity index (χ0) is 28.6. The summed E-state index contributed by atoms with van der Waals surface area (Å²) in [5.74, 6) is 0.263. The van der Waals surface area contributed by atoms with E-state index in [2.05, 4.69) is 95.5 Å². The number of aryl methyl sites for hydroxylation is 2. The molecule has 7 heteroatoms. The number of nitrogens with zero attached hydrogens (tertiary/aromatic N) is 5. The Bertz CT molecular complexity index is 1330. The first-order valence-corrected chi connectivity index (χ1v) is 14.1. The van der Waals surface area contributed by atoms with Crippen LogP contribution in [0.3, 0.4) is 0 Å². The standard InChI is InChI=1S/C31H39N5O.C2H5N/c1-6-8-25(29-19-32-21-34(29)4)28-18-24-9-7-12-33-30(24)31(26-11-10-22(2)17-27(26)28)36-15-13-35(14-16-36)23(3)20-37-5;1-2-3/h7,9-12,17-19,21,25,31H,3,6,8,13-16,20H2,1-2,4-5H3;2H,1,3H2. The number of hydrogen-bond donors (Lipinski definition) is 1. The SMILES string of the molecule is C=C(COC)N1CCN(C2c3ccc(C)cc3C(C(CCC)c3cncn3C)=Cc3cccnc32)CC1.C=CN. The van der Waals surface area contributed by atoms with Crippen LogP contribution in [0.2, 0.25) is 0 Å². The molecule has 1 aliphatic carbocycles. The summed E-state index contributed by atoms with van der Waals surface area (Å²) in [5, 5.41) is 0. The summed E-state index contributed by atoms with van der Waals surface area (Å²) in [6.07, 6.45) is 11.7. The number of hydrogen-bond acceptors (Lipinski definition) is 6. The van der Waals surface area contributed by atoms with E-state index in [0.29, 0.717) is 6.61 Å². The van der Waals surface area contributed by atoms with Gasteiger partial charge in [-0.25, -0.2) is 4.98 Å². The highest BCUT2D eigenvalue weighted by atomic mass is 16.5. The number of aromatic nitrogens is 3. The molecule has 2 aromatic heterocycles. The Kier molecular flexibility index (Phi) is 9.96. The zero-order valence-electron chi connectivity index (χ0n) is 24.5. The second-order valence-corrected chi connectivity index (χ2v) is 10.6. The van der Waals surface area contributed by atoms with Gasteiger partial charge >= 0.3 is 0 Å². The molecule has 1 aliphatic heterocycles. The molecule has 2 N–H and O–H groups in total. The third-order valence-corrected chi connectivity index (χ3v) is 7.86. The van der Waals surface area contributed by atoms with Gasteiger partial charge in [-0.2, -0.15) is 0 Å². The molecule has 0 radical (unpaired) electrons. The fraction of sp³-hybridized carbons (Fsp3) is 0.394. The first-order chi connectivity index (χ1) is 19.4. The minimum absolute atomic E-state index is 0.104. The molecule has 2 atom stereocenters. The van der Waals surface area contributed by atoms with Gasteiger partial charge in [0.05, 0.1) is 24.7 Å². The van der Waals surface area contributed by atoms with Crippen LogP contribution in [-0.2, 0) is 11.8 Å². The largest absolute Gasteiger partial charge is 0.405 e. The molecular weight excluding hydrogens is 496 g/mol. The summed E-state index contributed by atoms with van der Waals surface area (Å²) in [7, 11) is 3.84. The van der Waals surface area contributed by atoms with Crippen molar-refractivity contribution >= 4 is 11.6 Å². The number of imidazole rings is 1. The smallest absolute Gasteiger partial charge is 0.0945 e. The first-order valence-electron chi connectivity index (χ1n) is 14.1. The van der Waals surface area contributed by atoms with Crippen molar-refractivity contribution in [2.24, 2.45) is 12.8 Å². The number of piperazine rings is 1. The molecule has 1 fully saturated rings. The van der Waals surface area contributed by atoms with E-state index in [0.717, 1.165) is 50.4 Å². The zero-order valence-corrected chi connectivity index (χ0v) is 24.5. The van der Waals surface area contributed by atoms with Crippen molar-refractivity contribution in [2.45, 2.75) is 38.6 Å². The summed E-state index contributed by atoms with van der Waals surface area (Å²) in [6, 6.07) is 11.4. The van der Waals surface area contributed by atoms with Crippen LogP contribution in [0.15, 0.2) is 74.1 Å². The molecule has 40 heavy (non-hydrogen) atoms. The van der Waals surface area contributed by atoms with E-state index in [9.17, 15) is 0 Å². The Labute approximate surface area is 239 Å². The normalized spacial score (nSPS) is 17.4. The third kappa shape index (κ3) is 6.21. The van der Waals surface area contributed by atoms with E-state index in [4.69, 9.17) is 9.72 Å². The highest BCUT2D eigenvalue weighted by molar-refractivity contribution is 5.89. The highest BCUT2D eigenvalue weighted by Gasteiger charge is 2.34. The van der Waals surface area contributed by atoms with E-state index in [1.165, 1.54) is 39.7 Å². The molecule has 1 saturated heterocycles. The Balaban J connectivity index is 0.00000118. The van der Waals surface area contributed by atoms with Gasteiger partial charge in [0.15, 0.2) is 0 Å². The van der Waals surface area contributed by atoms with Crippen molar-refractivity contribution in [3.63, 3.8) is 0 Å². The van der Waals surface area contributed by atoms with E-state index in [-0.39, 0.29) is 12.0 Å². The van der Waals surface area contributed by atoms with E-state index in [1.54, 1.807) is 7.11 Å². The Morgan fingerprint density at radius 2 is 1.98 bits per heavy atom.